The number of aliphatic hydroxyl groups is 1. The summed E-state index contributed by atoms with van der Waals surface area (Å²) in [5.41, 5.74) is -1.30. The fourth-order valence-electron chi connectivity index (χ4n) is 1.57. The molecule has 5 nitrogen and oxygen atoms in total. The molecule has 110 valence electrons. The van der Waals surface area contributed by atoms with Crippen molar-refractivity contribution in [3.63, 3.8) is 0 Å². The smallest absolute Gasteiger partial charge is 0.306 e. The van der Waals surface area contributed by atoms with Crippen LogP contribution in [0.2, 0.25) is 0 Å². The Labute approximate surface area is 114 Å². The van der Waals surface area contributed by atoms with E-state index < -0.39 is 35.5 Å². The summed E-state index contributed by atoms with van der Waals surface area (Å²) in [6, 6.07) is 3.09. The third kappa shape index (κ3) is 5.31. The molecule has 7 heteroatoms. The van der Waals surface area contributed by atoms with Gasteiger partial charge < -0.3 is 15.5 Å². The molecule has 0 spiro atoms. The number of aliphatic carboxylic acids is 1. The molecule has 0 heterocycles. The van der Waals surface area contributed by atoms with E-state index in [-0.39, 0.29) is 18.5 Å². The van der Waals surface area contributed by atoms with Crippen LogP contribution >= 0.6 is 0 Å². The van der Waals surface area contributed by atoms with Gasteiger partial charge in [-0.25, -0.2) is 8.78 Å². The topological polar surface area (TPSA) is 86.6 Å². The zero-order chi connectivity index (χ0) is 15.3. The molecule has 0 aliphatic rings. The summed E-state index contributed by atoms with van der Waals surface area (Å²) in [5.74, 6) is -3.77. The summed E-state index contributed by atoms with van der Waals surface area (Å²) < 4.78 is 25.6. The molecule has 1 atom stereocenters. The van der Waals surface area contributed by atoms with E-state index in [4.69, 9.17) is 5.11 Å². The number of carbonyl (C=O) groups excluding carboxylic acids is 1. The van der Waals surface area contributed by atoms with Gasteiger partial charge in [-0.15, -0.1) is 0 Å². The average Bonchev–Trinajstić information content (AvgIpc) is 2.30. The van der Waals surface area contributed by atoms with Gasteiger partial charge in [-0.2, -0.15) is 0 Å². The van der Waals surface area contributed by atoms with E-state index in [2.05, 4.69) is 5.32 Å². The molecule has 0 aliphatic heterocycles. The van der Waals surface area contributed by atoms with Crippen LogP contribution in [-0.4, -0.2) is 34.2 Å². The van der Waals surface area contributed by atoms with E-state index in [1.807, 2.05) is 0 Å². The van der Waals surface area contributed by atoms with Crippen molar-refractivity contribution in [2.24, 2.45) is 0 Å². The summed E-state index contributed by atoms with van der Waals surface area (Å²) in [7, 11) is 0. The van der Waals surface area contributed by atoms with Crippen molar-refractivity contribution in [3.05, 3.63) is 35.4 Å². The molecule has 1 aromatic rings. The highest BCUT2D eigenvalue weighted by Crippen LogP contribution is 2.10. The first-order valence-corrected chi connectivity index (χ1v) is 5.84. The minimum atomic E-state index is -1.57. The molecular formula is C13H15F2NO4. The van der Waals surface area contributed by atoms with E-state index in [1.54, 1.807) is 0 Å². The van der Waals surface area contributed by atoms with Gasteiger partial charge in [0.1, 0.15) is 0 Å². The number of nitrogens with one attached hydrogen (secondary N) is 1. The van der Waals surface area contributed by atoms with Crippen LogP contribution < -0.4 is 5.32 Å². The van der Waals surface area contributed by atoms with Crippen molar-refractivity contribution in [3.8, 4) is 0 Å². The molecule has 0 saturated heterocycles. The summed E-state index contributed by atoms with van der Waals surface area (Å²) in [5, 5.41) is 20.6. The Bertz CT molecular complexity index is 517. The largest absolute Gasteiger partial charge is 0.481 e. The maximum absolute atomic E-state index is 12.9. The van der Waals surface area contributed by atoms with Crippen LogP contribution in [0.15, 0.2) is 18.2 Å². The molecule has 3 N–H and O–H groups in total. The molecule has 0 aromatic heterocycles. The number of hydrogen-bond donors (Lipinski definition) is 3. The third-order valence-electron chi connectivity index (χ3n) is 2.55. The first-order valence-electron chi connectivity index (χ1n) is 5.84. The lowest BCUT2D eigenvalue weighted by Gasteiger charge is -2.21. The van der Waals surface area contributed by atoms with Gasteiger partial charge in [0.2, 0.25) is 5.91 Å². The Morgan fingerprint density at radius 3 is 2.50 bits per heavy atom. The standard InChI is InChI=1S/C13H15F2NO4/c1-13(20,6-12(18)19)7-16-11(17)5-8-2-3-9(14)10(15)4-8/h2-4,20H,5-7H2,1H3,(H,16,17)(H,18,19). The van der Waals surface area contributed by atoms with Gasteiger partial charge in [-0.1, -0.05) is 6.07 Å². The monoisotopic (exact) mass is 287 g/mol. The molecule has 0 aliphatic carbocycles. The Hall–Kier alpha value is -2.02. The van der Waals surface area contributed by atoms with E-state index >= 15 is 0 Å². The number of amides is 1. The van der Waals surface area contributed by atoms with Crippen LogP contribution in [0.4, 0.5) is 8.78 Å². The van der Waals surface area contributed by atoms with Gasteiger partial charge in [0.15, 0.2) is 11.6 Å². The first kappa shape index (κ1) is 16.0. The lowest BCUT2D eigenvalue weighted by molar-refractivity contribution is -0.142. The fourth-order valence-corrected chi connectivity index (χ4v) is 1.57. The van der Waals surface area contributed by atoms with Crippen LogP contribution in [0, 0.1) is 11.6 Å². The number of rotatable bonds is 6. The highest BCUT2D eigenvalue weighted by Gasteiger charge is 2.24. The van der Waals surface area contributed by atoms with E-state index in [9.17, 15) is 23.5 Å². The lowest BCUT2D eigenvalue weighted by atomic mass is 10.0. The Morgan fingerprint density at radius 1 is 1.30 bits per heavy atom. The fraction of sp³-hybridized carbons (Fsp3) is 0.385. The zero-order valence-corrected chi connectivity index (χ0v) is 10.8. The molecule has 0 bridgehead atoms. The van der Waals surface area contributed by atoms with Crippen molar-refractivity contribution in [2.75, 3.05) is 6.54 Å². The molecule has 0 radical (unpaired) electrons. The van der Waals surface area contributed by atoms with Crippen LogP contribution in [0.3, 0.4) is 0 Å². The normalized spacial score (nSPS) is 13.6. The number of hydrogen-bond acceptors (Lipinski definition) is 3. The Morgan fingerprint density at radius 2 is 1.95 bits per heavy atom. The third-order valence-corrected chi connectivity index (χ3v) is 2.55. The Kier molecular flexibility index (Phi) is 5.15. The van der Waals surface area contributed by atoms with Crippen molar-refractivity contribution in [1.29, 1.82) is 0 Å². The summed E-state index contributed by atoms with van der Waals surface area (Å²) in [6.45, 7) is 1.03. The van der Waals surface area contributed by atoms with Crippen molar-refractivity contribution in [1.82, 2.24) is 5.32 Å². The van der Waals surface area contributed by atoms with Gasteiger partial charge in [-0.3, -0.25) is 9.59 Å². The molecule has 1 aromatic carbocycles. The molecule has 20 heavy (non-hydrogen) atoms. The van der Waals surface area contributed by atoms with Gasteiger partial charge in [0.25, 0.3) is 0 Å². The van der Waals surface area contributed by atoms with Crippen molar-refractivity contribution in [2.45, 2.75) is 25.4 Å². The predicted octanol–water partition coefficient (Wildman–Crippen LogP) is 0.849. The Balaban J connectivity index is 2.51. The summed E-state index contributed by atoms with van der Waals surface area (Å²) in [4.78, 5) is 22.0. The second-order valence-electron chi connectivity index (χ2n) is 4.77. The maximum Gasteiger partial charge on any atom is 0.306 e. The van der Waals surface area contributed by atoms with Crippen LogP contribution in [0.25, 0.3) is 0 Å². The zero-order valence-electron chi connectivity index (χ0n) is 10.8. The van der Waals surface area contributed by atoms with Crippen LogP contribution in [0.1, 0.15) is 18.9 Å². The predicted molar refractivity (Wildman–Crippen MR) is 65.9 cm³/mol. The molecule has 1 unspecified atom stereocenters. The molecule has 0 fully saturated rings. The number of halogens is 2. The van der Waals surface area contributed by atoms with Gasteiger partial charge in [0.05, 0.1) is 18.4 Å². The molecular weight excluding hydrogens is 272 g/mol. The SMILES string of the molecule is CC(O)(CNC(=O)Cc1ccc(F)c(F)c1)CC(=O)O. The van der Waals surface area contributed by atoms with Gasteiger partial charge in [0, 0.05) is 6.54 Å². The first-order chi connectivity index (χ1) is 9.19. The molecule has 0 saturated carbocycles. The molecule has 1 amide bonds. The summed E-state index contributed by atoms with van der Waals surface area (Å²) >= 11 is 0. The summed E-state index contributed by atoms with van der Waals surface area (Å²) in [6.07, 6.45) is -0.710. The minimum absolute atomic E-state index is 0.194. The lowest BCUT2D eigenvalue weighted by Crippen LogP contribution is -2.42. The van der Waals surface area contributed by atoms with Crippen LogP contribution in [0.5, 0.6) is 0 Å². The van der Waals surface area contributed by atoms with E-state index in [0.717, 1.165) is 12.1 Å². The number of carboxylic acid groups (broad SMARTS) is 1. The highest BCUT2D eigenvalue weighted by atomic mass is 19.2. The van der Waals surface area contributed by atoms with E-state index in [0.29, 0.717) is 0 Å². The highest BCUT2D eigenvalue weighted by molar-refractivity contribution is 5.78. The van der Waals surface area contributed by atoms with Gasteiger partial charge >= 0.3 is 5.97 Å². The average molecular weight is 287 g/mol. The quantitative estimate of drug-likeness (QED) is 0.724. The minimum Gasteiger partial charge on any atom is -0.481 e. The van der Waals surface area contributed by atoms with Crippen molar-refractivity contribution < 1.29 is 28.6 Å². The number of carboxylic acids is 1. The van der Waals surface area contributed by atoms with Crippen molar-refractivity contribution >= 4 is 11.9 Å². The number of benzene rings is 1. The van der Waals surface area contributed by atoms with Gasteiger partial charge in [-0.05, 0) is 24.6 Å². The van der Waals surface area contributed by atoms with E-state index in [1.165, 1.54) is 13.0 Å². The second-order valence-corrected chi connectivity index (χ2v) is 4.77. The number of carbonyl (C=O) groups is 2. The maximum atomic E-state index is 12.9. The van der Waals surface area contributed by atoms with Crippen LogP contribution in [-0.2, 0) is 16.0 Å². The second kappa shape index (κ2) is 6.42. The molecule has 1 rings (SSSR count).